The van der Waals surface area contributed by atoms with Gasteiger partial charge in [0.2, 0.25) is 0 Å². The van der Waals surface area contributed by atoms with Gasteiger partial charge in [-0.1, -0.05) is 25.6 Å². The molecule has 0 aromatic carbocycles. The molecule has 0 aliphatic heterocycles. The number of hydroxylamine groups is 1. The van der Waals surface area contributed by atoms with Crippen molar-refractivity contribution in [3.63, 3.8) is 0 Å². The Balaban J connectivity index is 4.05. The molecule has 1 atom stereocenters. The van der Waals surface area contributed by atoms with Gasteiger partial charge in [-0.05, 0) is 38.2 Å². The van der Waals surface area contributed by atoms with E-state index in [9.17, 15) is 5.21 Å². The van der Waals surface area contributed by atoms with Crippen molar-refractivity contribution < 1.29 is 4.86 Å². The summed E-state index contributed by atoms with van der Waals surface area (Å²) >= 11 is 0. The molecule has 0 aromatic rings. The maximum atomic E-state index is 11.4. The molecule has 1 unspecified atom stereocenters. The highest BCUT2D eigenvalue weighted by Gasteiger charge is 2.15. The minimum atomic E-state index is -0.265. The summed E-state index contributed by atoms with van der Waals surface area (Å²) in [6, 6.07) is 0. The van der Waals surface area contributed by atoms with Crippen LogP contribution in [0.2, 0.25) is 0 Å². The maximum absolute atomic E-state index is 11.4. The van der Waals surface area contributed by atoms with Crippen molar-refractivity contribution in [1.82, 2.24) is 0 Å². The van der Waals surface area contributed by atoms with Gasteiger partial charge in [0.05, 0.1) is 0 Å². The van der Waals surface area contributed by atoms with Crippen LogP contribution in [0.4, 0.5) is 0 Å². The Kier molecular flexibility index (Phi) is 5.09. The van der Waals surface area contributed by atoms with Crippen LogP contribution in [0.5, 0.6) is 0 Å². The Bertz CT molecular complexity index is 192. The van der Waals surface area contributed by atoms with Crippen LogP contribution in [-0.4, -0.2) is 16.9 Å². The summed E-state index contributed by atoms with van der Waals surface area (Å²) in [4.78, 5) is 0.840. The quantitative estimate of drug-likeness (QED) is 0.389. The Morgan fingerprint density at radius 2 is 1.71 bits per heavy atom. The first kappa shape index (κ1) is 13.4. The smallest absolute Gasteiger partial charge is 0.183 e. The van der Waals surface area contributed by atoms with Gasteiger partial charge < -0.3 is 5.21 Å². The van der Waals surface area contributed by atoms with Crippen LogP contribution in [0, 0.1) is 17.0 Å². The fraction of sp³-hybridized carbons (Fsp3) is 1.00. The summed E-state index contributed by atoms with van der Waals surface area (Å²) in [5.41, 5.74) is -0.265. The van der Waals surface area contributed by atoms with Gasteiger partial charge in [-0.3, -0.25) is 0 Å². The topological polar surface area (TPSA) is 38.4 Å². The predicted molar refractivity (Wildman–Crippen MR) is 59.3 cm³/mol. The van der Waals surface area contributed by atoms with E-state index in [0.717, 1.165) is 11.3 Å². The van der Waals surface area contributed by atoms with Gasteiger partial charge in [0.1, 0.15) is 5.54 Å². The van der Waals surface area contributed by atoms with Crippen LogP contribution in [-0.2, 0) is 0 Å². The molecular formula is C11H24N2O. The van der Waals surface area contributed by atoms with Crippen molar-refractivity contribution in [2.75, 3.05) is 6.54 Å². The molecule has 0 aliphatic rings. The minimum Gasteiger partial charge on any atom is -0.600 e. The van der Waals surface area contributed by atoms with Gasteiger partial charge in [0.15, 0.2) is 6.54 Å². The third-order valence-corrected chi connectivity index (χ3v) is 1.75. The molecule has 0 saturated heterocycles. The molecule has 0 heterocycles. The highest BCUT2D eigenvalue weighted by Crippen LogP contribution is 2.12. The molecule has 0 aromatic heterocycles. The zero-order chi connectivity index (χ0) is 11.4. The lowest BCUT2D eigenvalue weighted by atomic mass is 9.99. The number of rotatable bonds is 4. The van der Waals surface area contributed by atoms with Crippen LogP contribution in [0.25, 0.3) is 0 Å². The lowest BCUT2D eigenvalue weighted by Gasteiger charge is -2.14. The van der Waals surface area contributed by atoms with E-state index < -0.39 is 0 Å². The predicted octanol–water partition coefficient (Wildman–Crippen LogP) is 3.43. The molecule has 3 heteroatoms. The van der Waals surface area contributed by atoms with E-state index in [4.69, 9.17) is 0 Å². The Morgan fingerprint density at radius 3 is 2.07 bits per heavy atom. The molecule has 0 fully saturated rings. The zero-order valence-electron chi connectivity index (χ0n) is 10.4. The van der Waals surface area contributed by atoms with Gasteiger partial charge >= 0.3 is 0 Å². The highest BCUT2D eigenvalue weighted by atomic mass is 16.5. The fourth-order valence-corrected chi connectivity index (χ4v) is 1.52. The zero-order valence-corrected chi connectivity index (χ0v) is 10.4. The first-order valence-corrected chi connectivity index (χ1v) is 5.38. The third kappa shape index (κ3) is 8.02. The van der Waals surface area contributed by atoms with Gasteiger partial charge in [-0.25, -0.2) is 0 Å². The van der Waals surface area contributed by atoms with E-state index in [0.29, 0.717) is 18.4 Å². The average molecular weight is 200 g/mol. The van der Waals surface area contributed by atoms with Crippen molar-refractivity contribution in [2.45, 2.75) is 53.5 Å². The molecule has 0 amide bonds. The van der Waals surface area contributed by atoms with E-state index in [1.54, 1.807) is 0 Å². The molecule has 0 rings (SSSR count). The number of hydrogen-bond donors (Lipinski definition) is 0. The van der Waals surface area contributed by atoms with Crippen LogP contribution in [0.1, 0.15) is 48.0 Å². The van der Waals surface area contributed by atoms with Gasteiger partial charge in [0.25, 0.3) is 0 Å². The molecule has 84 valence electrons. The number of nitrogens with zero attached hydrogens (tertiary/aromatic N) is 2. The normalized spacial score (nSPS) is 16.1. The molecule has 0 saturated carbocycles. The summed E-state index contributed by atoms with van der Waals surface area (Å²) in [7, 11) is 0. The second-order valence-electron chi connectivity index (χ2n) is 5.54. The molecule has 0 radical (unpaired) electrons. The fourth-order valence-electron chi connectivity index (χ4n) is 1.52. The largest absolute Gasteiger partial charge is 0.600 e. The summed E-state index contributed by atoms with van der Waals surface area (Å²) in [6.07, 6.45) is 1.08. The monoisotopic (exact) mass is 200 g/mol. The first-order valence-electron chi connectivity index (χ1n) is 5.38. The number of azo groups is 1. The third-order valence-electron chi connectivity index (χ3n) is 1.75. The first-order chi connectivity index (χ1) is 6.20. The maximum Gasteiger partial charge on any atom is 0.183 e. The molecule has 0 spiro atoms. The Hall–Kier alpha value is -0.600. The van der Waals surface area contributed by atoms with E-state index in [-0.39, 0.29) is 5.54 Å². The number of hydrogen-bond acceptors (Lipinski definition) is 2. The van der Waals surface area contributed by atoms with Gasteiger partial charge in [-0.2, -0.15) is 0 Å². The second kappa shape index (κ2) is 5.32. The van der Waals surface area contributed by atoms with Crippen molar-refractivity contribution >= 4 is 0 Å². The minimum absolute atomic E-state index is 0.265. The van der Waals surface area contributed by atoms with Gasteiger partial charge in [0, 0.05) is 5.92 Å². The molecule has 0 aliphatic carbocycles. The lowest BCUT2D eigenvalue weighted by Crippen LogP contribution is -2.20. The van der Waals surface area contributed by atoms with Crippen molar-refractivity contribution in [3.05, 3.63) is 5.21 Å². The molecular weight excluding hydrogens is 176 g/mol. The SMILES string of the molecule is CC(C)CC(C)C[N+]([O-])=NC(C)(C)C. The summed E-state index contributed by atoms with van der Waals surface area (Å²) in [5, 5.41) is 15.4. The molecule has 0 bridgehead atoms. The van der Waals surface area contributed by atoms with E-state index in [2.05, 4.69) is 25.9 Å². The van der Waals surface area contributed by atoms with Gasteiger partial charge in [-0.15, -0.1) is 0 Å². The Morgan fingerprint density at radius 1 is 1.21 bits per heavy atom. The van der Waals surface area contributed by atoms with E-state index >= 15 is 0 Å². The Labute approximate surface area is 87.8 Å². The summed E-state index contributed by atoms with van der Waals surface area (Å²) in [5.74, 6) is 1.06. The van der Waals surface area contributed by atoms with E-state index in [1.165, 1.54) is 0 Å². The lowest BCUT2D eigenvalue weighted by molar-refractivity contribution is -0.542. The summed E-state index contributed by atoms with van der Waals surface area (Å²) in [6.45, 7) is 12.8. The van der Waals surface area contributed by atoms with Crippen molar-refractivity contribution in [1.29, 1.82) is 0 Å². The standard InChI is InChI=1S/C11H24N2O/c1-9(2)7-10(3)8-13(14)12-11(4,5)6/h9-10H,7-8H2,1-6H3. The van der Waals surface area contributed by atoms with Crippen LogP contribution in [0.3, 0.4) is 0 Å². The van der Waals surface area contributed by atoms with Crippen LogP contribution < -0.4 is 0 Å². The summed E-state index contributed by atoms with van der Waals surface area (Å²) < 4.78 is 0. The van der Waals surface area contributed by atoms with E-state index in [1.807, 2.05) is 20.8 Å². The molecule has 0 N–H and O–H groups in total. The average Bonchev–Trinajstić information content (AvgIpc) is 1.77. The second-order valence-corrected chi connectivity index (χ2v) is 5.54. The van der Waals surface area contributed by atoms with Crippen LogP contribution >= 0.6 is 0 Å². The highest BCUT2D eigenvalue weighted by molar-refractivity contribution is 4.64. The van der Waals surface area contributed by atoms with Crippen molar-refractivity contribution in [3.8, 4) is 0 Å². The van der Waals surface area contributed by atoms with Crippen LogP contribution in [0.15, 0.2) is 5.11 Å². The molecule has 3 nitrogen and oxygen atoms in total. The van der Waals surface area contributed by atoms with Crippen molar-refractivity contribution in [2.24, 2.45) is 17.0 Å². The molecule has 14 heavy (non-hydrogen) atoms.